The van der Waals surface area contributed by atoms with E-state index in [0.717, 1.165) is 0 Å². The van der Waals surface area contributed by atoms with Crippen molar-refractivity contribution < 1.29 is 59.1 Å². The molecule has 0 bridgehead atoms. The molecule has 3 heterocycles. The van der Waals surface area contributed by atoms with Crippen LogP contribution < -0.4 is 9.47 Å². The number of phenolic OH excluding ortho intramolecular Hbond substituents is 2. The Morgan fingerprint density at radius 2 is 1.50 bits per heavy atom. The molecule has 0 amide bonds. The fourth-order valence-electron chi connectivity index (χ4n) is 5.54. The number of hydrogen-bond acceptors (Lipinski definition) is 12. The summed E-state index contributed by atoms with van der Waals surface area (Å²) in [6.07, 6.45) is -8.76. The summed E-state index contributed by atoms with van der Waals surface area (Å²) in [5.41, 5.74) is 0.0153. The molecule has 208 valence electrons. The molecule has 5 rings (SSSR count). The van der Waals surface area contributed by atoms with Crippen LogP contribution in [0, 0.1) is 5.92 Å². The van der Waals surface area contributed by atoms with Gasteiger partial charge in [-0.2, -0.15) is 0 Å². The van der Waals surface area contributed by atoms with Crippen LogP contribution in [0.1, 0.15) is 23.3 Å². The molecule has 0 spiro atoms. The summed E-state index contributed by atoms with van der Waals surface area (Å²) < 4.78 is 35.1. The van der Waals surface area contributed by atoms with Crippen LogP contribution >= 0.6 is 0 Å². The number of ether oxygens (including phenoxy) is 6. The fourth-order valence-corrected chi connectivity index (χ4v) is 5.54. The van der Waals surface area contributed by atoms with E-state index in [1.807, 2.05) is 0 Å². The van der Waals surface area contributed by atoms with Crippen molar-refractivity contribution in [2.24, 2.45) is 5.92 Å². The van der Waals surface area contributed by atoms with Gasteiger partial charge in [-0.3, -0.25) is 0 Å². The van der Waals surface area contributed by atoms with E-state index in [4.69, 9.17) is 28.4 Å². The number of benzene rings is 2. The lowest BCUT2D eigenvalue weighted by atomic mass is 9.80. The van der Waals surface area contributed by atoms with Crippen LogP contribution in [0.5, 0.6) is 23.0 Å². The zero-order valence-corrected chi connectivity index (χ0v) is 20.8. The summed E-state index contributed by atoms with van der Waals surface area (Å²) in [4.78, 5) is 0. The molecule has 2 aromatic carbocycles. The molecular weight excluding hydrogens is 504 g/mol. The maximum absolute atomic E-state index is 10.7. The van der Waals surface area contributed by atoms with Crippen LogP contribution in [0.3, 0.4) is 0 Å². The van der Waals surface area contributed by atoms with Gasteiger partial charge in [0.1, 0.15) is 36.1 Å². The van der Waals surface area contributed by atoms with Crippen molar-refractivity contribution in [3.63, 3.8) is 0 Å². The lowest BCUT2D eigenvalue weighted by molar-refractivity contribution is -0.333. The molecule has 1 unspecified atom stereocenters. The third-order valence-electron chi connectivity index (χ3n) is 7.59. The number of rotatable bonds is 7. The van der Waals surface area contributed by atoms with Crippen molar-refractivity contribution in [2.75, 3.05) is 34.0 Å². The SMILES string of the molecule is COc1cc(C2OC[C@]3(O[C@@H]4O[C@H](CO)[C@@H](O)[C@H](O)[C@H]4O)[C@@H](c4ccc(O)c(OC)c4)OC[C@H]23)ccc1O. The Hall–Kier alpha value is -2.68. The van der Waals surface area contributed by atoms with Crippen LogP contribution in [0.2, 0.25) is 0 Å². The number of aliphatic hydroxyl groups excluding tert-OH is 4. The quantitative estimate of drug-likeness (QED) is 0.282. The standard InChI is InChI=1S/C26H32O12/c1-33-17-7-12(3-5-15(17)28)23-14-10-35-24(13-4-6-16(29)18(8-13)34-2)26(14,11-36-23)38-25-22(32)21(31)20(30)19(9-27)37-25/h3-8,14,19-25,27-32H,9-11H2,1-2H3/t14-,19-,20-,21+,22-,23?,24-,25+,26-/m1/s1. The summed E-state index contributed by atoms with van der Waals surface area (Å²) in [7, 11) is 2.86. The molecule has 0 aliphatic carbocycles. The third-order valence-corrected chi connectivity index (χ3v) is 7.59. The molecule has 2 aromatic rings. The average Bonchev–Trinajstić information content (AvgIpc) is 3.46. The van der Waals surface area contributed by atoms with Crippen LogP contribution in [-0.2, 0) is 18.9 Å². The highest BCUT2D eigenvalue weighted by Gasteiger charge is 2.63. The summed E-state index contributed by atoms with van der Waals surface area (Å²) in [6.45, 7) is -0.462. The van der Waals surface area contributed by atoms with E-state index < -0.39 is 61.0 Å². The van der Waals surface area contributed by atoms with Crippen molar-refractivity contribution in [3.8, 4) is 23.0 Å². The van der Waals surface area contributed by atoms with Gasteiger partial charge in [-0.15, -0.1) is 0 Å². The third kappa shape index (κ3) is 4.36. The first-order valence-electron chi connectivity index (χ1n) is 12.2. The van der Waals surface area contributed by atoms with Gasteiger partial charge in [0.05, 0.1) is 40.1 Å². The van der Waals surface area contributed by atoms with Crippen molar-refractivity contribution in [1.29, 1.82) is 0 Å². The van der Waals surface area contributed by atoms with Gasteiger partial charge in [0.2, 0.25) is 0 Å². The van der Waals surface area contributed by atoms with Crippen LogP contribution in [0.25, 0.3) is 0 Å². The van der Waals surface area contributed by atoms with E-state index in [2.05, 4.69) is 0 Å². The Labute approximate surface area is 218 Å². The number of fused-ring (bicyclic) bond motifs is 1. The van der Waals surface area contributed by atoms with E-state index in [1.165, 1.54) is 26.4 Å². The zero-order chi connectivity index (χ0) is 27.2. The van der Waals surface area contributed by atoms with Crippen LogP contribution in [0.4, 0.5) is 0 Å². The first kappa shape index (κ1) is 26.9. The summed E-state index contributed by atoms with van der Waals surface area (Å²) in [6, 6.07) is 9.57. The maximum atomic E-state index is 10.7. The van der Waals surface area contributed by atoms with E-state index >= 15 is 0 Å². The van der Waals surface area contributed by atoms with Crippen molar-refractivity contribution >= 4 is 0 Å². The Morgan fingerprint density at radius 1 is 0.868 bits per heavy atom. The molecule has 9 atom stereocenters. The van der Waals surface area contributed by atoms with Gasteiger partial charge >= 0.3 is 0 Å². The second-order valence-corrected chi connectivity index (χ2v) is 9.68. The highest BCUT2D eigenvalue weighted by molar-refractivity contribution is 5.45. The maximum Gasteiger partial charge on any atom is 0.187 e. The Morgan fingerprint density at radius 3 is 2.13 bits per heavy atom. The smallest absolute Gasteiger partial charge is 0.187 e. The number of aliphatic hydroxyl groups is 4. The van der Waals surface area contributed by atoms with Gasteiger partial charge in [0.25, 0.3) is 0 Å². The lowest BCUT2D eigenvalue weighted by Crippen LogP contribution is -2.61. The van der Waals surface area contributed by atoms with Crippen molar-refractivity contribution in [3.05, 3.63) is 47.5 Å². The Balaban J connectivity index is 1.54. The second kappa shape index (κ2) is 10.5. The van der Waals surface area contributed by atoms with E-state index in [0.29, 0.717) is 11.1 Å². The van der Waals surface area contributed by atoms with Crippen molar-refractivity contribution in [2.45, 2.75) is 48.5 Å². The van der Waals surface area contributed by atoms with Gasteiger partial charge in [0, 0.05) is 5.92 Å². The van der Waals surface area contributed by atoms with Gasteiger partial charge in [-0.1, -0.05) is 12.1 Å². The molecule has 38 heavy (non-hydrogen) atoms. The van der Waals surface area contributed by atoms with Gasteiger partial charge in [-0.05, 0) is 35.4 Å². The number of hydrogen-bond donors (Lipinski definition) is 6. The molecule has 6 N–H and O–H groups in total. The number of aromatic hydroxyl groups is 2. The molecule has 3 aliphatic heterocycles. The van der Waals surface area contributed by atoms with Gasteiger partial charge in [0.15, 0.2) is 29.3 Å². The molecule has 3 aliphatic rings. The Kier molecular flexibility index (Phi) is 7.42. The predicted molar refractivity (Wildman–Crippen MR) is 128 cm³/mol. The van der Waals surface area contributed by atoms with Gasteiger partial charge < -0.3 is 59.1 Å². The topological polar surface area (TPSA) is 177 Å². The molecular formula is C26H32O12. The zero-order valence-electron chi connectivity index (χ0n) is 20.8. The van der Waals surface area contributed by atoms with Crippen LogP contribution in [-0.4, -0.2) is 101 Å². The first-order chi connectivity index (χ1) is 18.2. The fraction of sp³-hybridized carbons (Fsp3) is 0.538. The average molecular weight is 537 g/mol. The molecule has 0 radical (unpaired) electrons. The molecule has 3 saturated heterocycles. The molecule has 0 saturated carbocycles. The van der Waals surface area contributed by atoms with E-state index in [-0.39, 0.29) is 36.2 Å². The molecule has 12 nitrogen and oxygen atoms in total. The van der Waals surface area contributed by atoms with Gasteiger partial charge in [-0.25, -0.2) is 0 Å². The Bertz CT molecular complexity index is 1140. The van der Waals surface area contributed by atoms with E-state index in [1.54, 1.807) is 24.3 Å². The monoisotopic (exact) mass is 536 g/mol. The highest BCUT2D eigenvalue weighted by Crippen LogP contribution is 2.57. The number of phenols is 2. The number of methoxy groups -OCH3 is 2. The lowest BCUT2D eigenvalue weighted by Gasteiger charge is -2.44. The molecule has 0 aromatic heterocycles. The summed E-state index contributed by atoms with van der Waals surface area (Å²) >= 11 is 0. The summed E-state index contributed by atoms with van der Waals surface area (Å²) in [5, 5.41) is 61.2. The predicted octanol–water partition coefficient (Wildman–Crippen LogP) is 0.129. The highest BCUT2D eigenvalue weighted by atomic mass is 16.7. The minimum Gasteiger partial charge on any atom is -0.504 e. The minimum atomic E-state index is -1.63. The first-order valence-corrected chi connectivity index (χ1v) is 12.2. The minimum absolute atomic E-state index is 0.0194. The molecule has 3 fully saturated rings. The van der Waals surface area contributed by atoms with Crippen LogP contribution in [0.15, 0.2) is 36.4 Å². The van der Waals surface area contributed by atoms with Crippen molar-refractivity contribution in [1.82, 2.24) is 0 Å². The summed E-state index contributed by atoms with van der Waals surface area (Å²) in [5.74, 6) is -0.0800. The second-order valence-electron chi connectivity index (χ2n) is 9.68. The molecule has 12 heteroatoms. The van der Waals surface area contributed by atoms with E-state index in [9.17, 15) is 30.6 Å². The normalized spacial score (nSPS) is 36.7. The largest absolute Gasteiger partial charge is 0.504 e.